The van der Waals surface area contributed by atoms with Crippen molar-refractivity contribution in [2.75, 3.05) is 20.1 Å². The molecular formula is C26H26FN3O2. The number of piperidine rings is 1. The molecule has 5 nitrogen and oxygen atoms in total. The second-order valence-corrected chi connectivity index (χ2v) is 8.28. The lowest BCUT2D eigenvalue weighted by molar-refractivity contribution is -0.133. The molecule has 164 valence electrons. The fourth-order valence-corrected chi connectivity index (χ4v) is 4.63. The van der Waals surface area contributed by atoms with Gasteiger partial charge < -0.3 is 10.2 Å². The first-order valence-electron chi connectivity index (χ1n) is 10.8. The Kier molecular flexibility index (Phi) is 6.30. The number of hydrogen-bond acceptors (Lipinski definition) is 3. The Balaban J connectivity index is 1.67. The molecule has 6 heteroatoms. The summed E-state index contributed by atoms with van der Waals surface area (Å²) in [7, 11) is 1.63. The molecule has 1 aliphatic rings. The minimum Gasteiger partial charge on any atom is -0.359 e. The molecule has 1 N–H and O–H groups in total. The molecule has 0 saturated carbocycles. The molecule has 0 spiro atoms. The zero-order valence-electron chi connectivity index (χ0n) is 18.1. The zero-order chi connectivity index (χ0) is 22.6. The van der Waals surface area contributed by atoms with Crippen molar-refractivity contribution in [1.82, 2.24) is 15.2 Å². The summed E-state index contributed by atoms with van der Waals surface area (Å²) in [6, 6.07) is 17.6. The van der Waals surface area contributed by atoms with Crippen molar-refractivity contribution >= 4 is 11.8 Å². The van der Waals surface area contributed by atoms with Crippen LogP contribution in [-0.2, 0) is 11.2 Å². The van der Waals surface area contributed by atoms with Crippen molar-refractivity contribution in [2.45, 2.75) is 19.3 Å². The number of nitrogens with zero attached hydrogens (tertiary/aromatic N) is 2. The predicted molar refractivity (Wildman–Crippen MR) is 121 cm³/mol. The Bertz CT molecular complexity index is 1120. The van der Waals surface area contributed by atoms with Gasteiger partial charge in [0.2, 0.25) is 5.91 Å². The van der Waals surface area contributed by atoms with E-state index in [1.165, 1.54) is 18.2 Å². The first-order valence-corrected chi connectivity index (χ1v) is 10.8. The van der Waals surface area contributed by atoms with Crippen LogP contribution in [0.25, 0.3) is 11.1 Å². The van der Waals surface area contributed by atoms with E-state index in [9.17, 15) is 14.0 Å². The first-order chi connectivity index (χ1) is 15.5. The highest BCUT2D eigenvalue weighted by atomic mass is 19.1. The third-order valence-corrected chi connectivity index (χ3v) is 6.16. The number of amides is 2. The second-order valence-electron chi connectivity index (χ2n) is 8.28. The van der Waals surface area contributed by atoms with Gasteiger partial charge in [-0.1, -0.05) is 36.4 Å². The molecule has 1 unspecified atom stereocenters. The molecule has 3 aromatic rings. The summed E-state index contributed by atoms with van der Waals surface area (Å²) >= 11 is 0. The van der Waals surface area contributed by atoms with Crippen molar-refractivity contribution in [3.8, 4) is 11.1 Å². The Hall–Kier alpha value is -3.54. The Labute approximate surface area is 187 Å². The maximum atomic E-state index is 13.7. The number of rotatable bonds is 5. The molecule has 0 bridgehead atoms. The topological polar surface area (TPSA) is 62.3 Å². The van der Waals surface area contributed by atoms with Gasteiger partial charge in [-0.15, -0.1) is 0 Å². The monoisotopic (exact) mass is 431 g/mol. The van der Waals surface area contributed by atoms with Crippen LogP contribution in [0.4, 0.5) is 4.39 Å². The fraction of sp³-hybridized carbons (Fsp3) is 0.269. The number of carbonyl (C=O) groups is 2. The minimum atomic E-state index is -0.770. The lowest BCUT2D eigenvalue weighted by Crippen LogP contribution is -2.54. The summed E-state index contributed by atoms with van der Waals surface area (Å²) in [4.78, 5) is 32.2. The molecule has 1 fully saturated rings. The van der Waals surface area contributed by atoms with Gasteiger partial charge >= 0.3 is 0 Å². The zero-order valence-corrected chi connectivity index (χ0v) is 18.1. The number of carbonyl (C=O) groups excluding carboxylic acids is 2. The molecular weight excluding hydrogens is 405 g/mol. The van der Waals surface area contributed by atoms with Gasteiger partial charge in [-0.3, -0.25) is 14.6 Å². The van der Waals surface area contributed by atoms with E-state index < -0.39 is 11.2 Å². The van der Waals surface area contributed by atoms with Crippen LogP contribution in [0.5, 0.6) is 0 Å². The highest BCUT2D eigenvalue weighted by Crippen LogP contribution is 2.37. The molecule has 0 aliphatic carbocycles. The summed E-state index contributed by atoms with van der Waals surface area (Å²) in [5, 5.41) is 2.81. The van der Waals surface area contributed by atoms with Crippen molar-refractivity contribution in [3.63, 3.8) is 0 Å². The SMILES string of the molecule is CNC(=O)C1(Cc2ccccc2-c2cccnc2)CCCN(C(=O)c2cccc(F)c2)C1. The third-order valence-electron chi connectivity index (χ3n) is 6.16. The largest absolute Gasteiger partial charge is 0.359 e. The average molecular weight is 432 g/mol. The Morgan fingerprint density at radius 1 is 1.12 bits per heavy atom. The van der Waals surface area contributed by atoms with Crippen molar-refractivity contribution in [2.24, 2.45) is 5.41 Å². The number of likely N-dealkylation sites (tertiary alicyclic amines) is 1. The molecule has 2 heterocycles. The van der Waals surface area contributed by atoms with E-state index in [1.807, 2.05) is 42.6 Å². The number of aromatic nitrogens is 1. The highest BCUT2D eigenvalue weighted by molar-refractivity contribution is 5.95. The standard InChI is InChI=1S/C26H26FN3O2/c1-28-25(32)26(16-20-7-2-3-11-23(20)21-9-5-13-29-17-21)12-6-14-30(18-26)24(31)19-8-4-10-22(27)15-19/h2-5,7-11,13,15,17H,6,12,14,16,18H2,1H3,(H,28,32). The van der Waals surface area contributed by atoms with Crippen molar-refractivity contribution in [3.05, 3.63) is 90.0 Å². The van der Waals surface area contributed by atoms with E-state index in [0.717, 1.165) is 16.7 Å². The molecule has 1 aliphatic heterocycles. The van der Waals surface area contributed by atoms with Crippen molar-refractivity contribution in [1.29, 1.82) is 0 Å². The summed E-state index contributed by atoms with van der Waals surface area (Å²) in [6.45, 7) is 0.821. The maximum absolute atomic E-state index is 13.7. The molecule has 4 rings (SSSR count). The van der Waals surface area contributed by atoms with Gasteiger partial charge in [0, 0.05) is 43.7 Å². The van der Waals surface area contributed by atoms with Gasteiger partial charge in [-0.05, 0) is 54.7 Å². The average Bonchev–Trinajstić information content (AvgIpc) is 2.84. The summed E-state index contributed by atoms with van der Waals surface area (Å²) in [6.07, 6.45) is 5.40. The van der Waals surface area contributed by atoms with Gasteiger partial charge in [-0.25, -0.2) is 4.39 Å². The fourth-order valence-electron chi connectivity index (χ4n) is 4.63. The molecule has 0 radical (unpaired) electrons. The Morgan fingerprint density at radius 3 is 2.72 bits per heavy atom. The van der Waals surface area contributed by atoms with Crippen LogP contribution >= 0.6 is 0 Å². The molecule has 32 heavy (non-hydrogen) atoms. The molecule has 2 amide bonds. The molecule has 2 aromatic carbocycles. The highest BCUT2D eigenvalue weighted by Gasteiger charge is 2.43. The van der Waals surface area contributed by atoms with E-state index in [1.54, 1.807) is 24.2 Å². The molecule has 1 aromatic heterocycles. The normalized spacial score (nSPS) is 18.2. The van der Waals surface area contributed by atoms with Crippen LogP contribution < -0.4 is 5.32 Å². The van der Waals surface area contributed by atoms with Gasteiger partial charge in [-0.2, -0.15) is 0 Å². The van der Waals surface area contributed by atoms with Gasteiger partial charge in [0.05, 0.1) is 5.41 Å². The predicted octanol–water partition coefficient (Wildman–Crippen LogP) is 4.10. The number of hydrogen-bond donors (Lipinski definition) is 1. The number of halogens is 1. The van der Waals surface area contributed by atoms with Crippen LogP contribution in [0.3, 0.4) is 0 Å². The lowest BCUT2D eigenvalue weighted by Gasteiger charge is -2.42. The van der Waals surface area contributed by atoms with Crippen molar-refractivity contribution < 1.29 is 14.0 Å². The Morgan fingerprint density at radius 2 is 1.97 bits per heavy atom. The lowest BCUT2D eigenvalue weighted by atomic mass is 9.73. The maximum Gasteiger partial charge on any atom is 0.253 e. The minimum absolute atomic E-state index is 0.0877. The number of pyridine rings is 1. The summed E-state index contributed by atoms with van der Waals surface area (Å²) in [5.74, 6) is -0.788. The van der Waals surface area contributed by atoms with Crippen LogP contribution in [0.2, 0.25) is 0 Å². The van der Waals surface area contributed by atoms with Crippen LogP contribution in [0, 0.1) is 11.2 Å². The first kappa shape index (κ1) is 21.7. The quantitative estimate of drug-likeness (QED) is 0.662. The third kappa shape index (κ3) is 4.40. The second kappa shape index (κ2) is 9.30. The van der Waals surface area contributed by atoms with Gasteiger partial charge in [0.15, 0.2) is 0 Å². The van der Waals surface area contributed by atoms with E-state index in [0.29, 0.717) is 31.4 Å². The molecule has 1 atom stereocenters. The van der Waals surface area contributed by atoms with Crippen LogP contribution in [-0.4, -0.2) is 41.8 Å². The van der Waals surface area contributed by atoms with Gasteiger partial charge in [0.1, 0.15) is 5.82 Å². The van der Waals surface area contributed by atoms with E-state index in [-0.39, 0.29) is 18.4 Å². The van der Waals surface area contributed by atoms with Crippen LogP contribution in [0.15, 0.2) is 73.1 Å². The van der Waals surface area contributed by atoms with Gasteiger partial charge in [0.25, 0.3) is 5.91 Å². The van der Waals surface area contributed by atoms with E-state index >= 15 is 0 Å². The van der Waals surface area contributed by atoms with E-state index in [2.05, 4.69) is 10.3 Å². The van der Waals surface area contributed by atoms with E-state index in [4.69, 9.17) is 0 Å². The summed E-state index contributed by atoms with van der Waals surface area (Å²) in [5.41, 5.74) is 2.57. The smallest absolute Gasteiger partial charge is 0.253 e. The summed E-state index contributed by atoms with van der Waals surface area (Å²) < 4.78 is 13.7. The molecule has 1 saturated heterocycles. The number of benzene rings is 2. The van der Waals surface area contributed by atoms with Crippen LogP contribution in [0.1, 0.15) is 28.8 Å². The number of nitrogens with one attached hydrogen (secondary N) is 1.